The first-order valence-electron chi connectivity index (χ1n) is 8.13. The second-order valence-corrected chi connectivity index (χ2v) is 6.28. The van der Waals surface area contributed by atoms with Crippen molar-refractivity contribution < 1.29 is 29.7 Å². The number of nitrogens with two attached hydrogens (primary N) is 1. The van der Waals surface area contributed by atoms with Crippen LogP contribution in [0.5, 0.6) is 5.75 Å². The van der Waals surface area contributed by atoms with Crippen molar-refractivity contribution in [2.75, 3.05) is 6.61 Å². The van der Waals surface area contributed by atoms with Crippen LogP contribution in [0, 0.1) is 5.92 Å². The fraction of sp³-hybridized carbons (Fsp3) is 0.471. The molecule has 1 rings (SSSR count). The van der Waals surface area contributed by atoms with Crippen molar-refractivity contribution in [2.45, 2.75) is 38.4 Å². The summed E-state index contributed by atoms with van der Waals surface area (Å²) >= 11 is 0. The number of benzene rings is 1. The summed E-state index contributed by atoms with van der Waals surface area (Å²) in [6.45, 7) is 2.76. The predicted molar refractivity (Wildman–Crippen MR) is 93.2 cm³/mol. The molecule has 144 valence electrons. The van der Waals surface area contributed by atoms with Crippen LogP contribution in [0.25, 0.3) is 0 Å². The molecule has 0 radical (unpaired) electrons. The zero-order valence-corrected chi connectivity index (χ0v) is 14.7. The number of nitrogens with one attached hydrogen (secondary N) is 2. The number of amides is 2. The van der Waals surface area contributed by atoms with Crippen LogP contribution in [0.2, 0.25) is 0 Å². The summed E-state index contributed by atoms with van der Waals surface area (Å²) in [5.74, 6) is -2.84. The van der Waals surface area contributed by atoms with Gasteiger partial charge in [-0.3, -0.25) is 9.59 Å². The largest absolute Gasteiger partial charge is 0.508 e. The van der Waals surface area contributed by atoms with E-state index in [2.05, 4.69) is 10.6 Å². The molecule has 0 spiro atoms. The minimum absolute atomic E-state index is 0.0288. The number of hydrogen-bond acceptors (Lipinski definition) is 6. The highest BCUT2D eigenvalue weighted by molar-refractivity contribution is 5.92. The van der Waals surface area contributed by atoms with Crippen LogP contribution in [0.3, 0.4) is 0 Å². The van der Waals surface area contributed by atoms with E-state index < -0.39 is 42.5 Å². The number of aliphatic hydroxyl groups excluding tert-OH is 1. The molecule has 26 heavy (non-hydrogen) atoms. The van der Waals surface area contributed by atoms with Crippen LogP contribution in [0.4, 0.5) is 0 Å². The minimum atomic E-state index is -1.31. The molecule has 0 aliphatic carbocycles. The van der Waals surface area contributed by atoms with Crippen molar-refractivity contribution in [2.24, 2.45) is 11.7 Å². The molecule has 2 amide bonds. The van der Waals surface area contributed by atoms with E-state index in [1.807, 2.05) is 0 Å². The predicted octanol–water partition coefficient (Wildman–Crippen LogP) is -1.04. The Morgan fingerprint density at radius 1 is 1.04 bits per heavy atom. The number of aliphatic hydroxyl groups is 1. The van der Waals surface area contributed by atoms with E-state index in [1.165, 1.54) is 24.3 Å². The molecule has 0 aromatic heterocycles. The highest BCUT2D eigenvalue weighted by Gasteiger charge is 2.28. The molecule has 0 saturated heterocycles. The molecule has 0 saturated carbocycles. The maximum atomic E-state index is 12.2. The SMILES string of the molecule is CC(C)C(N)C(=O)NC(CO)C(=O)NC(Cc1ccc(O)cc1)C(=O)O. The number of aromatic hydroxyl groups is 1. The molecule has 0 aliphatic heterocycles. The number of phenols is 1. The van der Waals surface area contributed by atoms with Gasteiger partial charge in [-0.25, -0.2) is 4.79 Å². The van der Waals surface area contributed by atoms with E-state index in [0.717, 1.165) is 0 Å². The molecule has 1 aromatic carbocycles. The third-order valence-electron chi connectivity index (χ3n) is 3.83. The summed E-state index contributed by atoms with van der Waals surface area (Å²) in [5, 5.41) is 32.5. The Kier molecular flexibility index (Phi) is 8.01. The van der Waals surface area contributed by atoms with Crippen molar-refractivity contribution in [1.29, 1.82) is 0 Å². The summed E-state index contributed by atoms with van der Waals surface area (Å²) in [4.78, 5) is 35.6. The summed E-state index contributed by atoms with van der Waals surface area (Å²) < 4.78 is 0. The van der Waals surface area contributed by atoms with Gasteiger partial charge in [-0.2, -0.15) is 0 Å². The van der Waals surface area contributed by atoms with Gasteiger partial charge in [-0.1, -0.05) is 26.0 Å². The molecule has 1 aromatic rings. The summed E-state index contributed by atoms with van der Waals surface area (Å²) in [5.41, 5.74) is 6.27. The number of carboxylic acid groups (broad SMARTS) is 1. The van der Waals surface area contributed by atoms with Gasteiger partial charge in [0.1, 0.15) is 17.8 Å². The van der Waals surface area contributed by atoms with Gasteiger partial charge in [0.15, 0.2) is 0 Å². The highest BCUT2D eigenvalue weighted by Crippen LogP contribution is 2.11. The first kappa shape index (κ1) is 21.4. The van der Waals surface area contributed by atoms with E-state index in [0.29, 0.717) is 5.56 Å². The highest BCUT2D eigenvalue weighted by atomic mass is 16.4. The van der Waals surface area contributed by atoms with E-state index in [4.69, 9.17) is 5.73 Å². The third kappa shape index (κ3) is 6.34. The first-order chi connectivity index (χ1) is 12.1. The average molecular weight is 367 g/mol. The Bertz CT molecular complexity index is 632. The van der Waals surface area contributed by atoms with E-state index >= 15 is 0 Å². The summed E-state index contributed by atoms with van der Waals surface area (Å²) in [6.07, 6.45) is -0.0288. The Balaban J connectivity index is 2.76. The van der Waals surface area contributed by atoms with Gasteiger partial charge in [0, 0.05) is 6.42 Å². The lowest BCUT2D eigenvalue weighted by molar-refractivity contribution is -0.142. The fourth-order valence-corrected chi connectivity index (χ4v) is 2.10. The van der Waals surface area contributed by atoms with Crippen LogP contribution in [0.15, 0.2) is 24.3 Å². The molecule has 0 bridgehead atoms. The van der Waals surface area contributed by atoms with Gasteiger partial charge in [0.25, 0.3) is 0 Å². The maximum Gasteiger partial charge on any atom is 0.326 e. The van der Waals surface area contributed by atoms with Gasteiger partial charge in [-0.05, 0) is 23.6 Å². The monoisotopic (exact) mass is 367 g/mol. The van der Waals surface area contributed by atoms with Gasteiger partial charge in [0.05, 0.1) is 12.6 Å². The third-order valence-corrected chi connectivity index (χ3v) is 3.83. The zero-order valence-electron chi connectivity index (χ0n) is 14.7. The molecule has 7 N–H and O–H groups in total. The van der Waals surface area contributed by atoms with Crippen molar-refractivity contribution >= 4 is 17.8 Å². The van der Waals surface area contributed by atoms with Crippen LogP contribution in [-0.4, -0.2) is 57.8 Å². The molecular formula is C17H25N3O6. The van der Waals surface area contributed by atoms with Crippen molar-refractivity contribution in [3.63, 3.8) is 0 Å². The van der Waals surface area contributed by atoms with Crippen LogP contribution in [0.1, 0.15) is 19.4 Å². The van der Waals surface area contributed by atoms with Crippen molar-refractivity contribution in [1.82, 2.24) is 10.6 Å². The normalized spacial score (nSPS) is 14.3. The summed E-state index contributed by atoms with van der Waals surface area (Å²) in [7, 11) is 0. The van der Waals surface area contributed by atoms with Gasteiger partial charge >= 0.3 is 5.97 Å². The number of rotatable bonds is 9. The Labute approximate surface area is 151 Å². The second kappa shape index (κ2) is 9.73. The number of carbonyl (C=O) groups is 3. The molecule has 3 atom stereocenters. The fourth-order valence-electron chi connectivity index (χ4n) is 2.10. The maximum absolute atomic E-state index is 12.2. The lowest BCUT2D eigenvalue weighted by atomic mass is 10.0. The van der Waals surface area contributed by atoms with Crippen molar-refractivity contribution in [3.8, 4) is 5.75 Å². The molecule has 0 fully saturated rings. The molecule has 0 aliphatic rings. The number of phenolic OH excluding ortho intramolecular Hbond substituents is 1. The molecule has 9 nitrogen and oxygen atoms in total. The molecule has 0 heterocycles. The molecular weight excluding hydrogens is 342 g/mol. The first-order valence-corrected chi connectivity index (χ1v) is 8.13. The Morgan fingerprint density at radius 3 is 2.04 bits per heavy atom. The van der Waals surface area contributed by atoms with Gasteiger partial charge in [0.2, 0.25) is 11.8 Å². The Morgan fingerprint density at radius 2 is 1.58 bits per heavy atom. The Hall–Kier alpha value is -2.65. The van der Waals surface area contributed by atoms with Gasteiger partial charge < -0.3 is 31.7 Å². The second-order valence-electron chi connectivity index (χ2n) is 6.28. The van der Waals surface area contributed by atoms with Crippen LogP contribution in [-0.2, 0) is 20.8 Å². The molecule has 3 unspecified atom stereocenters. The van der Waals surface area contributed by atoms with Crippen LogP contribution < -0.4 is 16.4 Å². The van der Waals surface area contributed by atoms with Gasteiger partial charge in [-0.15, -0.1) is 0 Å². The quantitative estimate of drug-likeness (QED) is 0.325. The van der Waals surface area contributed by atoms with E-state index in [1.54, 1.807) is 13.8 Å². The topological polar surface area (TPSA) is 162 Å². The number of carboxylic acids is 1. The number of aliphatic carboxylic acids is 1. The minimum Gasteiger partial charge on any atom is -0.508 e. The number of carbonyl (C=O) groups excluding carboxylic acids is 2. The van der Waals surface area contributed by atoms with E-state index in [9.17, 15) is 29.7 Å². The smallest absolute Gasteiger partial charge is 0.326 e. The standard InChI is InChI=1S/C17H25N3O6/c1-9(2)14(18)16(24)20-13(8-21)15(23)19-12(17(25)26)7-10-3-5-11(22)6-4-10/h3-6,9,12-14,21-22H,7-8,18H2,1-2H3,(H,19,23)(H,20,24)(H,25,26). The lowest BCUT2D eigenvalue weighted by Gasteiger charge is -2.22. The number of hydrogen-bond donors (Lipinski definition) is 6. The van der Waals surface area contributed by atoms with Crippen molar-refractivity contribution in [3.05, 3.63) is 29.8 Å². The lowest BCUT2D eigenvalue weighted by Crippen LogP contribution is -2.56. The summed E-state index contributed by atoms with van der Waals surface area (Å²) in [6, 6.07) is 2.43. The average Bonchev–Trinajstić information content (AvgIpc) is 2.59. The molecule has 9 heteroatoms. The van der Waals surface area contributed by atoms with E-state index in [-0.39, 0.29) is 18.1 Å². The van der Waals surface area contributed by atoms with Crippen LogP contribution >= 0.6 is 0 Å². The zero-order chi connectivity index (χ0) is 19.9.